The summed E-state index contributed by atoms with van der Waals surface area (Å²) in [5.74, 6) is -1.35. The van der Waals surface area contributed by atoms with E-state index in [1.165, 1.54) is 0 Å². The molecule has 0 saturated carbocycles. The number of carboxylic acids is 1. The van der Waals surface area contributed by atoms with Crippen LogP contribution in [0, 0.1) is 11.3 Å². The summed E-state index contributed by atoms with van der Waals surface area (Å²) in [7, 11) is -3.99. The van der Waals surface area contributed by atoms with Gasteiger partial charge in [0, 0.05) is 17.2 Å². The quantitative estimate of drug-likeness (QED) is 0.477. The molecule has 0 unspecified atom stereocenters. The van der Waals surface area contributed by atoms with Gasteiger partial charge in [-0.15, -0.1) is 0 Å². The second-order valence-electron chi connectivity index (χ2n) is 8.50. The van der Waals surface area contributed by atoms with Crippen LogP contribution < -0.4 is 9.46 Å². The summed E-state index contributed by atoms with van der Waals surface area (Å²) in [5.41, 5.74) is 3.27. The Balaban J connectivity index is 1.65. The summed E-state index contributed by atoms with van der Waals surface area (Å²) >= 11 is 0. The Bertz CT molecular complexity index is 1410. The van der Waals surface area contributed by atoms with Gasteiger partial charge in [0.05, 0.1) is 11.7 Å². The summed E-state index contributed by atoms with van der Waals surface area (Å²) in [6.45, 7) is 3.75. The number of aliphatic carboxylic acids is 1. The van der Waals surface area contributed by atoms with Crippen molar-refractivity contribution in [3.8, 4) is 34.7 Å². The van der Waals surface area contributed by atoms with E-state index >= 15 is 0 Å². The molecule has 1 aromatic heterocycles. The second-order valence-corrected chi connectivity index (χ2v) is 10.3. The van der Waals surface area contributed by atoms with Crippen LogP contribution in [0.4, 0.5) is 0 Å². The summed E-state index contributed by atoms with van der Waals surface area (Å²) in [6, 6.07) is 12.1. The van der Waals surface area contributed by atoms with Crippen LogP contribution in [0.1, 0.15) is 49.4 Å². The van der Waals surface area contributed by atoms with Crippen LogP contribution in [0.3, 0.4) is 0 Å². The molecule has 11 heteroatoms. The van der Waals surface area contributed by atoms with Gasteiger partial charge in [-0.1, -0.05) is 23.4 Å². The molecule has 0 radical (unpaired) electrons. The largest absolute Gasteiger partial charge is 0.490 e. The first kappa shape index (κ1) is 24.4. The molecule has 0 amide bonds. The van der Waals surface area contributed by atoms with E-state index in [4.69, 9.17) is 14.4 Å². The van der Waals surface area contributed by atoms with Crippen molar-refractivity contribution in [3.05, 3.63) is 53.1 Å². The Morgan fingerprint density at radius 1 is 1.34 bits per heavy atom. The number of benzene rings is 2. The third-order valence-electron chi connectivity index (χ3n) is 5.52. The van der Waals surface area contributed by atoms with Gasteiger partial charge in [0.1, 0.15) is 11.8 Å². The van der Waals surface area contributed by atoms with Crippen molar-refractivity contribution in [3.63, 3.8) is 0 Å². The third kappa shape index (κ3) is 5.50. The number of nitriles is 1. The van der Waals surface area contributed by atoms with Crippen LogP contribution >= 0.6 is 0 Å². The fraction of sp³-hybridized carbons (Fsp3) is 0.333. The van der Waals surface area contributed by atoms with Gasteiger partial charge in [0.25, 0.3) is 5.89 Å². The highest BCUT2D eigenvalue weighted by Crippen LogP contribution is 2.36. The zero-order valence-corrected chi connectivity index (χ0v) is 20.0. The number of nitrogens with one attached hydrogen (secondary N) is 1. The molecule has 1 aliphatic carbocycles. The van der Waals surface area contributed by atoms with E-state index in [-0.39, 0.29) is 12.0 Å². The van der Waals surface area contributed by atoms with Crippen molar-refractivity contribution in [1.82, 2.24) is 14.9 Å². The van der Waals surface area contributed by atoms with Gasteiger partial charge < -0.3 is 14.4 Å². The zero-order chi connectivity index (χ0) is 25.2. The maximum absolute atomic E-state index is 12.2. The van der Waals surface area contributed by atoms with Crippen molar-refractivity contribution in [2.45, 2.75) is 45.3 Å². The van der Waals surface area contributed by atoms with E-state index in [1.807, 2.05) is 26.0 Å². The highest BCUT2D eigenvalue weighted by molar-refractivity contribution is 7.90. The molecular weight excluding hydrogens is 472 g/mol. The number of carbonyl (C=O) groups is 1. The topological polar surface area (TPSA) is 155 Å². The van der Waals surface area contributed by atoms with E-state index < -0.39 is 27.8 Å². The molecule has 0 fully saturated rings. The predicted octanol–water partition coefficient (Wildman–Crippen LogP) is 3.44. The highest BCUT2D eigenvalue weighted by Gasteiger charge is 2.28. The lowest BCUT2D eigenvalue weighted by Crippen LogP contribution is -2.35. The number of hydrogen-bond donors (Lipinski definition) is 2. The molecule has 0 saturated heterocycles. The van der Waals surface area contributed by atoms with Crippen LogP contribution in [-0.2, 0) is 21.2 Å². The molecule has 1 heterocycles. The molecule has 0 bridgehead atoms. The fourth-order valence-corrected chi connectivity index (χ4v) is 5.25. The first-order valence-corrected chi connectivity index (χ1v) is 12.7. The number of rotatable bonds is 8. The second kappa shape index (κ2) is 9.85. The van der Waals surface area contributed by atoms with E-state index in [0.29, 0.717) is 47.5 Å². The minimum atomic E-state index is -3.99. The molecule has 3 aromatic rings. The van der Waals surface area contributed by atoms with Crippen LogP contribution in [0.25, 0.3) is 22.8 Å². The first-order chi connectivity index (χ1) is 16.7. The van der Waals surface area contributed by atoms with Gasteiger partial charge >= 0.3 is 5.97 Å². The van der Waals surface area contributed by atoms with E-state index in [2.05, 4.69) is 20.9 Å². The number of nitrogens with zero attached hydrogens (tertiary/aromatic N) is 3. The van der Waals surface area contributed by atoms with Crippen molar-refractivity contribution in [2.75, 3.05) is 5.75 Å². The number of hydrogen-bond acceptors (Lipinski definition) is 8. The monoisotopic (exact) mass is 496 g/mol. The Kier molecular flexibility index (Phi) is 6.86. The van der Waals surface area contributed by atoms with E-state index in [0.717, 1.165) is 11.1 Å². The lowest BCUT2D eigenvalue weighted by Gasteiger charge is -2.27. The molecule has 4 rings (SSSR count). The van der Waals surface area contributed by atoms with Crippen LogP contribution in [-0.4, -0.2) is 41.5 Å². The number of ether oxygens (including phenoxy) is 1. The smallest absolute Gasteiger partial charge is 0.320 e. The predicted molar refractivity (Wildman–Crippen MR) is 126 cm³/mol. The van der Waals surface area contributed by atoms with Gasteiger partial charge in [-0.3, -0.25) is 4.79 Å². The van der Waals surface area contributed by atoms with Gasteiger partial charge in [-0.25, -0.2) is 13.1 Å². The molecule has 1 aliphatic rings. The third-order valence-corrected chi connectivity index (χ3v) is 6.79. The fourth-order valence-electron chi connectivity index (χ4n) is 4.16. The Morgan fingerprint density at radius 2 is 2.14 bits per heavy atom. The summed E-state index contributed by atoms with van der Waals surface area (Å²) in [5, 5.41) is 22.5. The van der Waals surface area contributed by atoms with Crippen molar-refractivity contribution in [1.29, 1.82) is 5.26 Å². The molecule has 2 N–H and O–H groups in total. The Morgan fingerprint density at radius 3 is 2.86 bits per heavy atom. The van der Waals surface area contributed by atoms with E-state index in [1.54, 1.807) is 24.3 Å². The minimum Gasteiger partial charge on any atom is -0.490 e. The summed E-state index contributed by atoms with van der Waals surface area (Å²) < 4.78 is 38.1. The molecule has 0 spiro atoms. The molecule has 1 atom stereocenters. The van der Waals surface area contributed by atoms with Crippen LogP contribution in [0.5, 0.6) is 5.75 Å². The first-order valence-electron chi connectivity index (χ1n) is 11.1. The van der Waals surface area contributed by atoms with Gasteiger partial charge in [-0.05, 0) is 62.4 Å². The highest BCUT2D eigenvalue weighted by atomic mass is 32.2. The van der Waals surface area contributed by atoms with E-state index in [9.17, 15) is 18.5 Å². The van der Waals surface area contributed by atoms with Crippen molar-refractivity contribution in [2.24, 2.45) is 0 Å². The maximum Gasteiger partial charge on any atom is 0.320 e. The maximum atomic E-state index is 12.2. The normalized spacial score (nSPS) is 15.4. The SMILES string of the molecule is CC(C)Oc1ccc(-c2nc(-c3cccc4c3CCC[C@@H]4NS(=O)(=O)CC(=O)O)no2)cc1C#N. The van der Waals surface area contributed by atoms with Crippen LogP contribution in [0.15, 0.2) is 40.9 Å². The number of fused-ring (bicyclic) bond motifs is 1. The minimum absolute atomic E-state index is 0.0790. The number of sulfonamides is 1. The Labute approximate surface area is 202 Å². The molecule has 0 aliphatic heterocycles. The molecule has 2 aromatic carbocycles. The zero-order valence-electron chi connectivity index (χ0n) is 19.2. The molecule has 10 nitrogen and oxygen atoms in total. The Hall–Kier alpha value is -3.75. The van der Waals surface area contributed by atoms with Gasteiger partial charge in [-0.2, -0.15) is 10.2 Å². The van der Waals surface area contributed by atoms with Crippen molar-refractivity contribution >= 4 is 16.0 Å². The van der Waals surface area contributed by atoms with Gasteiger partial charge in [0.15, 0.2) is 5.75 Å². The van der Waals surface area contributed by atoms with Gasteiger partial charge in [0.2, 0.25) is 15.8 Å². The standard InChI is InChI=1S/C24H24N4O6S/c1-14(2)33-21-10-9-15(11-16(21)12-25)24-26-23(27-34-24)19-7-3-6-18-17(19)5-4-8-20(18)28-35(31,32)13-22(29)30/h3,6-7,9-11,14,20,28H,4-5,8,13H2,1-2H3,(H,29,30)/t20-/m0/s1. The molecule has 35 heavy (non-hydrogen) atoms. The number of aromatic nitrogens is 2. The molecular formula is C24H24N4O6S. The van der Waals surface area contributed by atoms with Crippen LogP contribution in [0.2, 0.25) is 0 Å². The lowest BCUT2D eigenvalue weighted by molar-refractivity contribution is -0.134. The summed E-state index contributed by atoms with van der Waals surface area (Å²) in [6.07, 6.45) is 1.86. The molecule has 182 valence electrons. The lowest BCUT2D eigenvalue weighted by atomic mass is 9.85. The van der Waals surface area contributed by atoms with Crippen molar-refractivity contribution < 1.29 is 27.6 Å². The summed E-state index contributed by atoms with van der Waals surface area (Å²) in [4.78, 5) is 15.4. The average Bonchev–Trinajstić information content (AvgIpc) is 3.28. The number of carboxylic acid groups (broad SMARTS) is 1. The average molecular weight is 497 g/mol.